The predicted molar refractivity (Wildman–Crippen MR) is 66.1 cm³/mol. The summed E-state index contributed by atoms with van der Waals surface area (Å²) in [7, 11) is 0. The molecule has 17 heavy (non-hydrogen) atoms. The first kappa shape index (κ1) is 12.5. The number of carbonyl (C=O) groups is 2. The van der Waals surface area contributed by atoms with Gasteiger partial charge in [0.15, 0.2) is 0 Å². The Morgan fingerprint density at radius 3 is 2.71 bits per heavy atom. The van der Waals surface area contributed by atoms with Crippen LogP contribution in [0.3, 0.4) is 0 Å². The highest BCUT2D eigenvalue weighted by molar-refractivity contribution is 7.99. The topological polar surface area (TPSA) is 69.6 Å². The van der Waals surface area contributed by atoms with Crippen molar-refractivity contribution in [2.45, 2.75) is 19.4 Å². The van der Waals surface area contributed by atoms with Gasteiger partial charge in [0.1, 0.15) is 0 Å². The number of thioether (sulfide) groups is 1. The molecule has 5 nitrogen and oxygen atoms in total. The van der Waals surface area contributed by atoms with Crippen LogP contribution >= 0.6 is 11.8 Å². The third-order valence-electron chi connectivity index (χ3n) is 3.50. The van der Waals surface area contributed by atoms with Gasteiger partial charge < -0.3 is 15.3 Å². The van der Waals surface area contributed by atoms with Crippen LogP contribution < -0.4 is 5.32 Å². The van der Waals surface area contributed by atoms with E-state index in [4.69, 9.17) is 5.11 Å². The summed E-state index contributed by atoms with van der Waals surface area (Å²) in [5, 5.41) is 11.9. The Morgan fingerprint density at radius 2 is 2.18 bits per heavy atom. The molecule has 2 saturated heterocycles. The Balaban J connectivity index is 1.83. The van der Waals surface area contributed by atoms with Gasteiger partial charge in [-0.25, -0.2) is 4.79 Å². The molecule has 96 valence electrons. The number of nitrogens with one attached hydrogen (secondary N) is 1. The summed E-state index contributed by atoms with van der Waals surface area (Å²) in [4.78, 5) is 24.4. The van der Waals surface area contributed by atoms with Crippen molar-refractivity contribution in [1.29, 1.82) is 0 Å². The van der Waals surface area contributed by atoms with Crippen LogP contribution in [0.5, 0.6) is 0 Å². The average molecular weight is 258 g/mol. The van der Waals surface area contributed by atoms with Crippen LogP contribution in [0, 0.1) is 11.8 Å². The Bertz CT molecular complexity index is 324. The van der Waals surface area contributed by atoms with E-state index in [-0.39, 0.29) is 12.1 Å². The normalized spacial score (nSPS) is 32.8. The highest BCUT2D eigenvalue weighted by Gasteiger charge is 2.33. The number of carboxylic acid groups (broad SMARTS) is 1. The molecule has 0 aromatic heterocycles. The van der Waals surface area contributed by atoms with Gasteiger partial charge in [-0.1, -0.05) is 6.92 Å². The molecule has 0 aromatic rings. The van der Waals surface area contributed by atoms with Crippen LogP contribution in [0.4, 0.5) is 4.79 Å². The first-order valence-corrected chi connectivity index (χ1v) is 7.09. The molecule has 3 atom stereocenters. The predicted octanol–water partition coefficient (Wildman–Crippen LogP) is 0.854. The van der Waals surface area contributed by atoms with E-state index in [0.29, 0.717) is 25.4 Å². The van der Waals surface area contributed by atoms with Crippen LogP contribution in [0.15, 0.2) is 0 Å². The summed E-state index contributed by atoms with van der Waals surface area (Å²) >= 11 is 1.85. The van der Waals surface area contributed by atoms with Gasteiger partial charge in [0, 0.05) is 24.9 Å². The molecule has 6 heteroatoms. The Kier molecular flexibility index (Phi) is 3.81. The van der Waals surface area contributed by atoms with Crippen molar-refractivity contribution in [3.05, 3.63) is 0 Å². The van der Waals surface area contributed by atoms with E-state index in [1.165, 1.54) is 0 Å². The van der Waals surface area contributed by atoms with Crippen LogP contribution in [-0.2, 0) is 4.79 Å². The van der Waals surface area contributed by atoms with Crippen LogP contribution in [0.2, 0.25) is 0 Å². The second kappa shape index (κ2) is 5.16. The van der Waals surface area contributed by atoms with Crippen molar-refractivity contribution in [2.75, 3.05) is 24.6 Å². The van der Waals surface area contributed by atoms with Gasteiger partial charge >= 0.3 is 12.0 Å². The molecule has 0 aromatic carbocycles. The third-order valence-corrected chi connectivity index (χ3v) is 4.85. The van der Waals surface area contributed by atoms with E-state index in [1.54, 1.807) is 4.90 Å². The minimum absolute atomic E-state index is 0.104. The van der Waals surface area contributed by atoms with E-state index >= 15 is 0 Å². The van der Waals surface area contributed by atoms with Gasteiger partial charge in [-0.3, -0.25) is 4.79 Å². The number of hydrogen-bond donors (Lipinski definition) is 2. The maximum atomic E-state index is 11.9. The van der Waals surface area contributed by atoms with Crippen molar-refractivity contribution in [3.8, 4) is 0 Å². The van der Waals surface area contributed by atoms with Gasteiger partial charge in [-0.2, -0.15) is 11.8 Å². The monoisotopic (exact) mass is 258 g/mol. The number of carbonyl (C=O) groups excluding carboxylic acids is 1. The minimum Gasteiger partial charge on any atom is -0.481 e. The van der Waals surface area contributed by atoms with E-state index in [1.807, 2.05) is 11.8 Å². The summed E-state index contributed by atoms with van der Waals surface area (Å²) in [5.74, 6) is 1.36. The molecule has 2 fully saturated rings. The zero-order valence-corrected chi connectivity index (χ0v) is 10.7. The summed E-state index contributed by atoms with van der Waals surface area (Å²) in [6.45, 7) is 3.03. The number of likely N-dealkylation sites (tertiary alicyclic amines) is 1. The van der Waals surface area contributed by atoms with E-state index in [0.717, 1.165) is 11.5 Å². The zero-order chi connectivity index (χ0) is 12.4. The number of carboxylic acids is 1. The van der Waals surface area contributed by atoms with Crippen LogP contribution in [-0.4, -0.2) is 52.6 Å². The Morgan fingerprint density at radius 1 is 1.41 bits per heavy atom. The molecule has 0 aliphatic carbocycles. The first-order valence-electron chi connectivity index (χ1n) is 5.94. The lowest BCUT2D eigenvalue weighted by atomic mass is 10.1. The fourth-order valence-corrected chi connectivity index (χ4v) is 3.65. The maximum absolute atomic E-state index is 11.9. The van der Waals surface area contributed by atoms with Crippen molar-refractivity contribution in [3.63, 3.8) is 0 Å². The van der Waals surface area contributed by atoms with Crippen LogP contribution in [0.25, 0.3) is 0 Å². The molecule has 0 spiro atoms. The van der Waals surface area contributed by atoms with Crippen molar-refractivity contribution in [1.82, 2.24) is 10.2 Å². The lowest BCUT2D eigenvalue weighted by Gasteiger charge is -2.22. The number of hydrogen-bond acceptors (Lipinski definition) is 3. The molecule has 3 unspecified atom stereocenters. The summed E-state index contributed by atoms with van der Waals surface area (Å²) < 4.78 is 0. The van der Waals surface area contributed by atoms with Crippen molar-refractivity contribution in [2.24, 2.45) is 11.8 Å². The first-order chi connectivity index (χ1) is 8.08. The molecule has 0 saturated carbocycles. The standard InChI is InChI=1S/C11H18N2O3S/c1-7-5-17-6-9(7)12-11(16)13-3-2-8(4-13)10(14)15/h7-9H,2-6H2,1H3,(H,12,16)(H,14,15). The average Bonchev–Trinajstić information content (AvgIpc) is 2.88. The quantitative estimate of drug-likeness (QED) is 0.770. The number of rotatable bonds is 2. The minimum atomic E-state index is -0.801. The highest BCUT2D eigenvalue weighted by atomic mass is 32.2. The molecule has 2 amide bonds. The molecule has 0 radical (unpaired) electrons. The molecular formula is C11H18N2O3S. The number of nitrogens with zero attached hydrogens (tertiary/aromatic N) is 1. The van der Waals surface area contributed by atoms with Gasteiger partial charge in [0.05, 0.1) is 5.92 Å². The van der Waals surface area contributed by atoms with Gasteiger partial charge in [-0.05, 0) is 18.1 Å². The van der Waals surface area contributed by atoms with E-state index < -0.39 is 11.9 Å². The lowest BCUT2D eigenvalue weighted by Crippen LogP contribution is -2.46. The molecule has 0 bridgehead atoms. The summed E-state index contributed by atoms with van der Waals surface area (Å²) in [6.07, 6.45) is 0.567. The number of aliphatic carboxylic acids is 1. The summed E-state index contributed by atoms with van der Waals surface area (Å²) in [5.41, 5.74) is 0. The second-order valence-electron chi connectivity index (χ2n) is 4.84. The lowest BCUT2D eigenvalue weighted by molar-refractivity contribution is -0.141. The van der Waals surface area contributed by atoms with E-state index in [9.17, 15) is 9.59 Å². The zero-order valence-electron chi connectivity index (χ0n) is 9.89. The van der Waals surface area contributed by atoms with Gasteiger partial charge in [-0.15, -0.1) is 0 Å². The number of amides is 2. The largest absolute Gasteiger partial charge is 0.481 e. The highest BCUT2D eigenvalue weighted by Crippen LogP contribution is 2.24. The van der Waals surface area contributed by atoms with E-state index in [2.05, 4.69) is 12.2 Å². The molecular weight excluding hydrogens is 240 g/mol. The molecule has 2 rings (SSSR count). The molecule has 2 N–H and O–H groups in total. The van der Waals surface area contributed by atoms with Crippen LogP contribution in [0.1, 0.15) is 13.3 Å². The Labute approximate surface area is 105 Å². The fourth-order valence-electron chi connectivity index (χ4n) is 2.24. The third kappa shape index (κ3) is 2.86. The second-order valence-corrected chi connectivity index (χ2v) is 5.92. The van der Waals surface area contributed by atoms with Crippen molar-refractivity contribution >= 4 is 23.8 Å². The van der Waals surface area contributed by atoms with Crippen molar-refractivity contribution < 1.29 is 14.7 Å². The molecule has 2 heterocycles. The molecule has 2 aliphatic heterocycles. The smallest absolute Gasteiger partial charge is 0.317 e. The fraction of sp³-hybridized carbons (Fsp3) is 0.818. The Hall–Kier alpha value is -0.910. The summed E-state index contributed by atoms with van der Waals surface area (Å²) in [6, 6.07) is 0.129. The molecule has 2 aliphatic rings. The maximum Gasteiger partial charge on any atom is 0.317 e. The SMILES string of the molecule is CC1CSCC1NC(=O)N1CCC(C(=O)O)C1. The number of urea groups is 1. The van der Waals surface area contributed by atoms with Gasteiger partial charge in [0.2, 0.25) is 0 Å². The van der Waals surface area contributed by atoms with Gasteiger partial charge in [0.25, 0.3) is 0 Å².